The van der Waals surface area contributed by atoms with Crippen LogP contribution in [-0.2, 0) is 0 Å². The second kappa shape index (κ2) is 6.66. The normalized spacial score (nSPS) is 30.1. The third-order valence-corrected chi connectivity index (χ3v) is 5.56. The molecule has 1 heterocycles. The molecule has 3 heteroatoms. The number of hydrogen-bond acceptors (Lipinski definition) is 3. The molecule has 3 atom stereocenters. The monoisotopic (exact) mass is 288 g/mol. The SMILES string of the molecule is CCC1CCCCC1NC1=NC(c2ccccc2)CS1. The first-order valence-electron chi connectivity index (χ1n) is 7.89. The van der Waals surface area contributed by atoms with Crippen LogP contribution in [0.3, 0.4) is 0 Å². The molecule has 20 heavy (non-hydrogen) atoms. The molecule has 0 bridgehead atoms. The molecule has 1 aromatic rings. The van der Waals surface area contributed by atoms with E-state index in [0.29, 0.717) is 12.1 Å². The second-order valence-corrected chi connectivity index (χ2v) is 6.88. The van der Waals surface area contributed by atoms with Crippen LogP contribution in [0.4, 0.5) is 0 Å². The molecule has 3 rings (SSSR count). The van der Waals surface area contributed by atoms with E-state index < -0.39 is 0 Å². The predicted molar refractivity (Wildman–Crippen MR) is 88.2 cm³/mol. The Kier molecular flexibility index (Phi) is 4.66. The lowest BCUT2D eigenvalue weighted by molar-refractivity contribution is 0.281. The maximum Gasteiger partial charge on any atom is 0.157 e. The third kappa shape index (κ3) is 3.20. The molecule has 1 saturated carbocycles. The van der Waals surface area contributed by atoms with Gasteiger partial charge in [-0.05, 0) is 24.3 Å². The van der Waals surface area contributed by atoms with Crippen molar-refractivity contribution < 1.29 is 0 Å². The van der Waals surface area contributed by atoms with Gasteiger partial charge < -0.3 is 5.32 Å². The zero-order valence-corrected chi connectivity index (χ0v) is 13.0. The Bertz CT molecular complexity index is 457. The molecule has 1 aromatic carbocycles. The summed E-state index contributed by atoms with van der Waals surface area (Å²) in [5.41, 5.74) is 1.34. The Morgan fingerprint density at radius 1 is 1.20 bits per heavy atom. The molecule has 0 amide bonds. The van der Waals surface area contributed by atoms with Gasteiger partial charge in [0.25, 0.3) is 0 Å². The molecule has 0 spiro atoms. The first kappa shape index (κ1) is 14.0. The summed E-state index contributed by atoms with van der Waals surface area (Å²) in [6.07, 6.45) is 6.76. The van der Waals surface area contributed by atoms with Crippen LogP contribution >= 0.6 is 11.8 Å². The van der Waals surface area contributed by atoms with E-state index in [1.165, 1.54) is 42.8 Å². The number of aliphatic imine (C=N–C) groups is 1. The van der Waals surface area contributed by atoms with E-state index in [9.17, 15) is 0 Å². The van der Waals surface area contributed by atoms with Crippen LogP contribution < -0.4 is 5.32 Å². The van der Waals surface area contributed by atoms with Crippen molar-refractivity contribution >= 4 is 16.9 Å². The maximum atomic E-state index is 4.89. The van der Waals surface area contributed by atoms with Gasteiger partial charge in [-0.15, -0.1) is 0 Å². The summed E-state index contributed by atoms with van der Waals surface area (Å²) < 4.78 is 0. The van der Waals surface area contributed by atoms with Crippen molar-refractivity contribution in [1.29, 1.82) is 0 Å². The van der Waals surface area contributed by atoms with Gasteiger partial charge in [0.15, 0.2) is 5.17 Å². The van der Waals surface area contributed by atoms with Crippen molar-refractivity contribution in [3.63, 3.8) is 0 Å². The topological polar surface area (TPSA) is 24.4 Å². The molecule has 1 fully saturated rings. The Balaban J connectivity index is 1.63. The van der Waals surface area contributed by atoms with Crippen molar-refractivity contribution in [2.75, 3.05) is 5.75 Å². The highest BCUT2D eigenvalue weighted by Gasteiger charge is 2.27. The van der Waals surface area contributed by atoms with Gasteiger partial charge in [-0.1, -0.05) is 68.3 Å². The van der Waals surface area contributed by atoms with Gasteiger partial charge in [0.1, 0.15) is 0 Å². The number of nitrogens with one attached hydrogen (secondary N) is 1. The summed E-state index contributed by atoms with van der Waals surface area (Å²) in [5.74, 6) is 1.92. The number of amidine groups is 1. The van der Waals surface area contributed by atoms with Crippen molar-refractivity contribution in [2.24, 2.45) is 10.9 Å². The standard InChI is InChI=1S/C17H24N2S/c1-2-13-8-6-7-11-15(13)18-17-19-16(12-20-17)14-9-4-3-5-10-14/h3-5,9-10,13,15-16H,2,6-8,11-12H2,1H3,(H,18,19). The van der Waals surface area contributed by atoms with Crippen LogP contribution in [0.25, 0.3) is 0 Å². The van der Waals surface area contributed by atoms with E-state index in [2.05, 4.69) is 42.6 Å². The van der Waals surface area contributed by atoms with E-state index in [1.54, 1.807) is 0 Å². The summed E-state index contributed by atoms with van der Waals surface area (Å²) >= 11 is 1.89. The minimum Gasteiger partial charge on any atom is -0.362 e. The highest BCUT2D eigenvalue weighted by Crippen LogP contribution is 2.32. The average molecular weight is 288 g/mol. The quantitative estimate of drug-likeness (QED) is 0.892. The van der Waals surface area contributed by atoms with E-state index in [0.717, 1.165) is 11.7 Å². The molecular weight excluding hydrogens is 264 g/mol. The Hall–Kier alpha value is -0.960. The minimum atomic E-state index is 0.340. The summed E-state index contributed by atoms with van der Waals surface area (Å²) in [7, 11) is 0. The van der Waals surface area contributed by atoms with E-state index in [4.69, 9.17) is 4.99 Å². The zero-order valence-electron chi connectivity index (χ0n) is 12.2. The zero-order chi connectivity index (χ0) is 13.8. The minimum absolute atomic E-state index is 0.340. The summed E-state index contributed by atoms with van der Waals surface area (Å²) in [6, 6.07) is 11.6. The van der Waals surface area contributed by atoms with Crippen molar-refractivity contribution in [3.8, 4) is 0 Å². The maximum absolute atomic E-state index is 4.89. The first-order valence-corrected chi connectivity index (χ1v) is 8.87. The van der Waals surface area contributed by atoms with E-state index in [-0.39, 0.29) is 0 Å². The van der Waals surface area contributed by atoms with Gasteiger partial charge in [0, 0.05) is 11.8 Å². The van der Waals surface area contributed by atoms with Crippen LogP contribution in [0.2, 0.25) is 0 Å². The van der Waals surface area contributed by atoms with E-state index >= 15 is 0 Å². The number of hydrogen-bond donors (Lipinski definition) is 1. The predicted octanol–water partition coefficient (Wildman–Crippen LogP) is 4.39. The van der Waals surface area contributed by atoms with Crippen LogP contribution in [0.5, 0.6) is 0 Å². The van der Waals surface area contributed by atoms with Gasteiger partial charge in [0.2, 0.25) is 0 Å². The van der Waals surface area contributed by atoms with Crippen LogP contribution in [0.1, 0.15) is 50.6 Å². The van der Waals surface area contributed by atoms with Gasteiger partial charge in [-0.2, -0.15) is 0 Å². The van der Waals surface area contributed by atoms with Crippen LogP contribution in [0, 0.1) is 5.92 Å². The summed E-state index contributed by atoms with van der Waals surface area (Å²) in [5, 5.41) is 4.90. The fourth-order valence-electron chi connectivity index (χ4n) is 3.34. The summed E-state index contributed by atoms with van der Waals surface area (Å²) in [6.45, 7) is 2.32. The molecule has 1 aliphatic carbocycles. The van der Waals surface area contributed by atoms with Gasteiger partial charge >= 0.3 is 0 Å². The molecular formula is C17H24N2S. The largest absolute Gasteiger partial charge is 0.362 e. The number of nitrogens with zero attached hydrogens (tertiary/aromatic N) is 1. The lowest BCUT2D eigenvalue weighted by Crippen LogP contribution is -2.40. The first-order chi connectivity index (χ1) is 9.86. The average Bonchev–Trinajstić information content (AvgIpc) is 2.97. The molecule has 0 radical (unpaired) electrons. The molecule has 1 aliphatic heterocycles. The van der Waals surface area contributed by atoms with Crippen LogP contribution in [-0.4, -0.2) is 17.0 Å². The lowest BCUT2D eigenvalue weighted by atomic mass is 9.83. The number of benzene rings is 1. The molecule has 3 unspecified atom stereocenters. The Morgan fingerprint density at radius 3 is 2.80 bits per heavy atom. The molecule has 2 aliphatic rings. The summed E-state index contributed by atoms with van der Waals surface area (Å²) in [4.78, 5) is 4.89. The van der Waals surface area contributed by atoms with E-state index in [1.807, 2.05) is 11.8 Å². The molecule has 108 valence electrons. The molecule has 0 aromatic heterocycles. The van der Waals surface area contributed by atoms with Crippen molar-refractivity contribution in [2.45, 2.75) is 51.1 Å². The number of rotatable bonds is 3. The van der Waals surface area contributed by atoms with Gasteiger partial charge in [-0.3, -0.25) is 4.99 Å². The molecule has 1 N–H and O–H groups in total. The lowest BCUT2D eigenvalue weighted by Gasteiger charge is -2.31. The fraction of sp³-hybridized carbons (Fsp3) is 0.588. The van der Waals surface area contributed by atoms with Crippen molar-refractivity contribution in [3.05, 3.63) is 35.9 Å². The highest BCUT2D eigenvalue weighted by molar-refractivity contribution is 8.14. The fourth-order valence-corrected chi connectivity index (χ4v) is 4.36. The Morgan fingerprint density at radius 2 is 2.00 bits per heavy atom. The third-order valence-electron chi connectivity index (χ3n) is 4.58. The molecule has 0 saturated heterocycles. The Labute approximate surface area is 126 Å². The molecule has 2 nitrogen and oxygen atoms in total. The van der Waals surface area contributed by atoms with Crippen molar-refractivity contribution in [1.82, 2.24) is 5.32 Å². The highest BCUT2D eigenvalue weighted by atomic mass is 32.2. The number of thioether (sulfide) groups is 1. The smallest absolute Gasteiger partial charge is 0.157 e. The van der Waals surface area contributed by atoms with Gasteiger partial charge in [0.05, 0.1) is 6.04 Å². The van der Waals surface area contributed by atoms with Gasteiger partial charge in [-0.25, -0.2) is 0 Å². The van der Waals surface area contributed by atoms with Crippen LogP contribution in [0.15, 0.2) is 35.3 Å². The second-order valence-electron chi connectivity index (χ2n) is 5.88.